The zero-order valence-corrected chi connectivity index (χ0v) is 32.6. The standard InChI is InChI=1S/C58H41N/c1-4-18-42(19-5-1)44-32-36-47(37-33-44)59(48-38-34-45(35-39-48)43-20-6-2-7-21-43)58-41-40-56(55-30-16-17-31-57(55)58)54-29-15-14-28-53(54)52-27-13-12-26-51(52)50-25-11-10-24-49(50)46-22-8-3-9-23-46/h1-41H. The summed E-state index contributed by atoms with van der Waals surface area (Å²) in [5.41, 5.74) is 17.8. The van der Waals surface area contributed by atoms with Gasteiger partial charge in [-0.05, 0) is 102 Å². The molecule has 278 valence electrons. The zero-order valence-electron chi connectivity index (χ0n) is 32.6. The largest absolute Gasteiger partial charge is 0.310 e. The molecule has 0 saturated heterocycles. The molecular formula is C58H41N. The van der Waals surface area contributed by atoms with Crippen LogP contribution in [0.3, 0.4) is 0 Å². The minimum absolute atomic E-state index is 1.10. The molecule has 1 nitrogen and oxygen atoms in total. The Balaban J connectivity index is 1.12. The number of rotatable bonds is 9. The van der Waals surface area contributed by atoms with Crippen molar-refractivity contribution in [3.8, 4) is 66.8 Å². The summed E-state index contributed by atoms with van der Waals surface area (Å²) >= 11 is 0. The molecule has 0 amide bonds. The van der Waals surface area contributed by atoms with Gasteiger partial charge < -0.3 is 4.90 Å². The molecule has 0 aliphatic rings. The number of fused-ring (bicyclic) bond motifs is 1. The first kappa shape index (κ1) is 35.7. The summed E-state index contributed by atoms with van der Waals surface area (Å²) < 4.78 is 0. The van der Waals surface area contributed by atoms with Gasteiger partial charge in [0.15, 0.2) is 0 Å². The second-order valence-electron chi connectivity index (χ2n) is 14.8. The van der Waals surface area contributed by atoms with E-state index in [0.29, 0.717) is 0 Å². The van der Waals surface area contributed by atoms with Gasteiger partial charge in [-0.1, -0.05) is 218 Å². The van der Waals surface area contributed by atoms with Gasteiger partial charge >= 0.3 is 0 Å². The van der Waals surface area contributed by atoms with E-state index in [1.807, 2.05) is 0 Å². The average molecular weight is 752 g/mol. The fourth-order valence-corrected chi connectivity index (χ4v) is 8.50. The summed E-state index contributed by atoms with van der Waals surface area (Å²) in [6.07, 6.45) is 0. The summed E-state index contributed by atoms with van der Waals surface area (Å²) in [5, 5.41) is 2.38. The minimum atomic E-state index is 1.10. The number of hydrogen-bond acceptors (Lipinski definition) is 1. The monoisotopic (exact) mass is 751 g/mol. The van der Waals surface area contributed by atoms with Gasteiger partial charge in [-0.15, -0.1) is 0 Å². The van der Waals surface area contributed by atoms with Crippen LogP contribution in [0.2, 0.25) is 0 Å². The molecule has 0 N–H and O–H groups in total. The van der Waals surface area contributed by atoms with Crippen LogP contribution in [0.5, 0.6) is 0 Å². The first-order valence-electron chi connectivity index (χ1n) is 20.3. The second-order valence-corrected chi connectivity index (χ2v) is 14.8. The molecule has 0 fully saturated rings. The summed E-state index contributed by atoms with van der Waals surface area (Å²) in [7, 11) is 0. The highest BCUT2D eigenvalue weighted by atomic mass is 15.1. The van der Waals surface area contributed by atoms with Crippen molar-refractivity contribution in [2.75, 3.05) is 4.90 Å². The molecule has 0 atom stereocenters. The van der Waals surface area contributed by atoms with E-state index in [2.05, 4.69) is 254 Å². The summed E-state index contributed by atoms with van der Waals surface area (Å²) in [6.45, 7) is 0. The van der Waals surface area contributed by atoms with Gasteiger partial charge in [-0.3, -0.25) is 0 Å². The Morgan fingerprint density at radius 3 is 0.966 bits per heavy atom. The van der Waals surface area contributed by atoms with Gasteiger partial charge in [-0.25, -0.2) is 0 Å². The highest BCUT2D eigenvalue weighted by molar-refractivity contribution is 6.09. The zero-order chi connectivity index (χ0) is 39.4. The molecule has 1 heteroatoms. The highest BCUT2D eigenvalue weighted by Gasteiger charge is 2.20. The predicted octanol–water partition coefficient (Wildman–Crippen LogP) is 16.3. The molecule has 59 heavy (non-hydrogen) atoms. The SMILES string of the molecule is c1ccc(-c2ccc(N(c3ccc(-c4ccccc4)cc3)c3ccc(-c4ccccc4-c4ccccc4-c4ccccc4-c4ccccc4)c4ccccc34)cc2)cc1. The van der Waals surface area contributed by atoms with Crippen LogP contribution >= 0.6 is 0 Å². The quantitative estimate of drug-likeness (QED) is 0.142. The molecule has 10 rings (SSSR count). The molecule has 0 spiro atoms. The van der Waals surface area contributed by atoms with Crippen LogP contribution in [0.25, 0.3) is 77.5 Å². The maximum absolute atomic E-state index is 2.40. The smallest absolute Gasteiger partial charge is 0.0540 e. The topological polar surface area (TPSA) is 3.24 Å². The van der Waals surface area contributed by atoms with Crippen LogP contribution < -0.4 is 4.90 Å². The van der Waals surface area contributed by atoms with Crippen LogP contribution in [0.4, 0.5) is 17.1 Å². The molecule has 0 unspecified atom stereocenters. The fourth-order valence-electron chi connectivity index (χ4n) is 8.50. The molecule has 0 radical (unpaired) electrons. The predicted molar refractivity (Wildman–Crippen MR) is 251 cm³/mol. The van der Waals surface area contributed by atoms with Gasteiger partial charge in [0.1, 0.15) is 0 Å². The van der Waals surface area contributed by atoms with Gasteiger partial charge in [0, 0.05) is 16.8 Å². The lowest BCUT2D eigenvalue weighted by atomic mass is 9.85. The van der Waals surface area contributed by atoms with E-state index in [1.165, 1.54) is 77.5 Å². The van der Waals surface area contributed by atoms with Gasteiger partial charge in [0.25, 0.3) is 0 Å². The first-order valence-corrected chi connectivity index (χ1v) is 20.3. The lowest BCUT2D eigenvalue weighted by Crippen LogP contribution is -2.10. The van der Waals surface area contributed by atoms with E-state index in [1.54, 1.807) is 0 Å². The highest BCUT2D eigenvalue weighted by Crippen LogP contribution is 2.46. The summed E-state index contributed by atoms with van der Waals surface area (Å²) in [5.74, 6) is 0. The Labute approximate surface area is 346 Å². The molecule has 0 aliphatic heterocycles. The number of nitrogens with zero attached hydrogens (tertiary/aromatic N) is 1. The van der Waals surface area contributed by atoms with Crippen molar-refractivity contribution in [2.45, 2.75) is 0 Å². The summed E-state index contributed by atoms with van der Waals surface area (Å²) in [6, 6.07) is 89.8. The third kappa shape index (κ3) is 7.01. The van der Waals surface area contributed by atoms with E-state index in [0.717, 1.165) is 17.1 Å². The molecule has 10 aromatic rings. The molecule has 0 aromatic heterocycles. The maximum Gasteiger partial charge on any atom is 0.0540 e. The maximum atomic E-state index is 2.40. The van der Waals surface area contributed by atoms with E-state index in [-0.39, 0.29) is 0 Å². The number of benzene rings is 10. The van der Waals surface area contributed by atoms with Crippen molar-refractivity contribution in [2.24, 2.45) is 0 Å². The molecule has 10 aromatic carbocycles. The molecular weight excluding hydrogens is 711 g/mol. The van der Waals surface area contributed by atoms with Crippen molar-refractivity contribution in [3.05, 3.63) is 249 Å². The van der Waals surface area contributed by atoms with Crippen LogP contribution in [-0.4, -0.2) is 0 Å². The number of hydrogen-bond donors (Lipinski definition) is 0. The Morgan fingerprint density at radius 2 is 0.508 bits per heavy atom. The van der Waals surface area contributed by atoms with E-state index in [4.69, 9.17) is 0 Å². The molecule has 0 aliphatic carbocycles. The molecule has 0 saturated carbocycles. The Kier molecular flexibility index (Phi) is 9.68. The first-order chi connectivity index (χ1) is 29.3. The normalized spacial score (nSPS) is 11.1. The van der Waals surface area contributed by atoms with Gasteiger partial charge in [0.05, 0.1) is 5.69 Å². The van der Waals surface area contributed by atoms with Gasteiger partial charge in [-0.2, -0.15) is 0 Å². The van der Waals surface area contributed by atoms with Crippen molar-refractivity contribution in [3.63, 3.8) is 0 Å². The Hall–Kier alpha value is -7.74. The van der Waals surface area contributed by atoms with E-state index in [9.17, 15) is 0 Å². The van der Waals surface area contributed by atoms with Crippen molar-refractivity contribution < 1.29 is 0 Å². The fraction of sp³-hybridized carbons (Fsp3) is 0. The Morgan fingerprint density at radius 1 is 0.186 bits per heavy atom. The third-order valence-corrected chi connectivity index (χ3v) is 11.3. The van der Waals surface area contributed by atoms with Crippen molar-refractivity contribution >= 4 is 27.8 Å². The lowest BCUT2D eigenvalue weighted by molar-refractivity contribution is 1.30. The lowest BCUT2D eigenvalue weighted by Gasteiger charge is -2.28. The summed E-state index contributed by atoms with van der Waals surface area (Å²) in [4.78, 5) is 2.40. The second kappa shape index (κ2) is 16.0. The van der Waals surface area contributed by atoms with Gasteiger partial charge in [0.2, 0.25) is 0 Å². The van der Waals surface area contributed by atoms with Crippen LogP contribution in [-0.2, 0) is 0 Å². The number of anilines is 3. The van der Waals surface area contributed by atoms with Crippen LogP contribution in [0.15, 0.2) is 249 Å². The van der Waals surface area contributed by atoms with Crippen LogP contribution in [0.1, 0.15) is 0 Å². The molecule has 0 bridgehead atoms. The van der Waals surface area contributed by atoms with Crippen molar-refractivity contribution in [1.29, 1.82) is 0 Å². The van der Waals surface area contributed by atoms with E-state index < -0.39 is 0 Å². The Bertz CT molecular complexity index is 2920. The minimum Gasteiger partial charge on any atom is -0.310 e. The molecule has 0 heterocycles. The van der Waals surface area contributed by atoms with E-state index >= 15 is 0 Å². The van der Waals surface area contributed by atoms with Crippen molar-refractivity contribution in [1.82, 2.24) is 0 Å². The average Bonchev–Trinajstić information content (AvgIpc) is 3.33. The third-order valence-electron chi connectivity index (χ3n) is 11.3. The van der Waals surface area contributed by atoms with Crippen LogP contribution in [0, 0.1) is 0 Å².